The minimum absolute atomic E-state index is 0.0923. The summed E-state index contributed by atoms with van der Waals surface area (Å²) in [5, 5.41) is 10.5. The van der Waals surface area contributed by atoms with Crippen LogP contribution in [0.5, 0.6) is 0 Å². The van der Waals surface area contributed by atoms with Crippen LogP contribution in [0.4, 0.5) is 17.6 Å². The number of aliphatic hydroxyl groups is 1. The Bertz CT molecular complexity index is 779. The van der Waals surface area contributed by atoms with E-state index < -0.39 is 36.9 Å². The van der Waals surface area contributed by atoms with E-state index in [0.717, 1.165) is 0 Å². The molecule has 29 heavy (non-hydrogen) atoms. The lowest BCUT2D eigenvalue weighted by Gasteiger charge is -2.36. The fourth-order valence-corrected chi connectivity index (χ4v) is 3.97. The smallest absolute Gasteiger partial charge is 0.263 e. The number of rotatable bonds is 5. The summed E-state index contributed by atoms with van der Waals surface area (Å²) in [4.78, 5) is 1.87. The zero-order valence-electron chi connectivity index (χ0n) is 15.6. The van der Waals surface area contributed by atoms with E-state index in [1.807, 2.05) is 4.90 Å². The molecule has 3 atom stereocenters. The summed E-state index contributed by atoms with van der Waals surface area (Å²) in [6.07, 6.45) is -7.18. The third-order valence-corrected chi connectivity index (χ3v) is 5.73. The largest absolute Gasteiger partial charge is 0.391 e. The second-order valence-electron chi connectivity index (χ2n) is 7.45. The molecule has 2 aromatic rings. The van der Waals surface area contributed by atoms with Gasteiger partial charge in [-0.05, 0) is 18.1 Å². The van der Waals surface area contributed by atoms with Crippen LogP contribution in [0.3, 0.4) is 0 Å². The van der Waals surface area contributed by atoms with Crippen LogP contribution >= 0.6 is 0 Å². The van der Waals surface area contributed by atoms with Gasteiger partial charge in [0.15, 0.2) is 0 Å². The van der Waals surface area contributed by atoms with Crippen molar-refractivity contribution in [2.24, 2.45) is 0 Å². The minimum atomic E-state index is -2.57. The van der Waals surface area contributed by atoms with E-state index in [1.165, 1.54) is 24.3 Å². The van der Waals surface area contributed by atoms with Gasteiger partial charge in [-0.3, -0.25) is 0 Å². The topological polar surface area (TPSA) is 41.9 Å². The Morgan fingerprint density at radius 3 is 1.52 bits per heavy atom. The van der Waals surface area contributed by atoms with Gasteiger partial charge in [0.25, 0.3) is 12.9 Å². The summed E-state index contributed by atoms with van der Waals surface area (Å²) in [6, 6.07) is 11.6. The molecular formula is C21H21F4NO3. The molecule has 2 fully saturated rings. The molecule has 1 N–H and O–H groups in total. The van der Waals surface area contributed by atoms with E-state index >= 15 is 0 Å². The van der Waals surface area contributed by atoms with Gasteiger partial charge >= 0.3 is 0 Å². The number of halogens is 4. The van der Waals surface area contributed by atoms with E-state index in [4.69, 9.17) is 9.47 Å². The quantitative estimate of drug-likeness (QED) is 0.722. The first-order chi connectivity index (χ1) is 13.8. The van der Waals surface area contributed by atoms with Gasteiger partial charge in [-0.25, -0.2) is 22.5 Å². The molecule has 2 saturated heterocycles. The second-order valence-corrected chi connectivity index (χ2v) is 7.45. The van der Waals surface area contributed by atoms with Crippen molar-refractivity contribution in [2.45, 2.75) is 43.9 Å². The van der Waals surface area contributed by atoms with E-state index in [1.54, 1.807) is 31.2 Å². The normalized spacial score (nSPS) is 28.3. The Balaban J connectivity index is 1.69. The molecule has 4 nitrogen and oxygen atoms in total. The van der Waals surface area contributed by atoms with Gasteiger partial charge in [0.1, 0.15) is 12.5 Å². The minimum Gasteiger partial charge on any atom is -0.391 e. The second kappa shape index (κ2) is 7.68. The van der Waals surface area contributed by atoms with Crippen LogP contribution in [0.25, 0.3) is 0 Å². The lowest BCUT2D eigenvalue weighted by Crippen LogP contribution is -2.52. The maximum atomic E-state index is 12.9. The summed E-state index contributed by atoms with van der Waals surface area (Å²) in [7, 11) is 0. The average molecular weight is 411 g/mol. The zero-order chi connectivity index (χ0) is 20.8. The van der Waals surface area contributed by atoms with Crippen LogP contribution in [0.15, 0.2) is 48.5 Å². The van der Waals surface area contributed by atoms with Crippen molar-refractivity contribution >= 4 is 0 Å². The molecule has 0 aliphatic carbocycles. The fraction of sp³-hybridized carbons (Fsp3) is 0.429. The van der Waals surface area contributed by atoms with Crippen LogP contribution in [0, 0.1) is 0 Å². The molecule has 2 heterocycles. The van der Waals surface area contributed by atoms with Gasteiger partial charge in [-0.2, -0.15) is 0 Å². The summed E-state index contributed by atoms with van der Waals surface area (Å²) < 4.78 is 63.5. The summed E-state index contributed by atoms with van der Waals surface area (Å²) >= 11 is 0. The Morgan fingerprint density at radius 1 is 0.828 bits per heavy atom. The Labute approximate surface area is 165 Å². The predicted molar refractivity (Wildman–Crippen MR) is 96.4 cm³/mol. The number of nitrogens with zero attached hydrogens (tertiary/aromatic N) is 1. The van der Waals surface area contributed by atoms with E-state index in [2.05, 4.69) is 0 Å². The highest BCUT2D eigenvalue weighted by molar-refractivity contribution is 5.30. The molecule has 0 aromatic heterocycles. The van der Waals surface area contributed by atoms with E-state index in [9.17, 15) is 22.7 Å². The molecule has 2 aromatic carbocycles. The van der Waals surface area contributed by atoms with Crippen LogP contribution < -0.4 is 0 Å². The van der Waals surface area contributed by atoms with Crippen LogP contribution in [-0.4, -0.2) is 34.9 Å². The van der Waals surface area contributed by atoms with Crippen LogP contribution in [0.2, 0.25) is 0 Å². The van der Waals surface area contributed by atoms with Crippen molar-refractivity contribution in [2.75, 3.05) is 13.2 Å². The van der Waals surface area contributed by atoms with Crippen molar-refractivity contribution in [3.8, 4) is 0 Å². The summed E-state index contributed by atoms with van der Waals surface area (Å²) in [6.45, 7) is 2.03. The molecule has 3 unspecified atom stereocenters. The number of benzene rings is 2. The highest BCUT2D eigenvalue weighted by Gasteiger charge is 2.59. The van der Waals surface area contributed by atoms with E-state index in [-0.39, 0.29) is 24.3 Å². The van der Waals surface area contributed by atoms with Crippen molar-refractivity contribution in [3.05, 3.63) is 70.8 Å². The van der Waals surface area contributed by atoms with Crippen molar-refractivity contribution in [1.82, 2.24) is 4.90 Å². The lowest BCUT2D eigenvalue weighted by atomic mass is 9.93. The van der Waals surface area contributed by atoms with Gasteiger partial charge in [-0.15, -0.1) is 0 Å². The first kappa shape index (κ1) is 20.3. The number of aliphatic hydroxyl groups excluding tert-OH is 1. The Kier molecular flexibility index (Phi) is 5.37. The number of ether oxygens (including phenoxy) is 2. The van der Waals surface area contributed by atoms with E-state index in [0.29, 0.717) is 11.1 Å². The number of hydrogen-bond donors (Lipinski definition) is 1. The van der Waals surface area contributed by atoms with Crippen LogP contribution in [0.1, 0.15) is 54.5 Å². The zero-order valence-corrected chi connectivity index (χ0v) is 15.6. The maximum absolute atomic E-state index is 12.9. The molecule has 2 aliphatic rings. The standard InChI is InChI=1S/C21H21F4NO3/c1-12(27)21-10-28-19(15-6-2-13(3-7-15)17(22)23)26(21)20(29-11-21)16-8-4-14(5-9-16)18(24)25/h2-9,12,17-20,27H,10-11H2,1H3. The lowest BCUT2D eigenvalue weighted by molar-refractivity contribution is -0.0654. The van der Waals surface area contributed by atoms with Crippen LogP contribution in [-0.2, 0) is 9.47 Å². The molecule has 0 radical (unpaired) electrons. The summed E-state index contributed by atoms with van der Waals surface area (Å²) in [5.74, 6) is 0. The third kappa shape index (κ3) is 3.44. The predicted octanol–water partition coefficient (Wildman–Crippen LogP) is 4.74. The molecule has 0 amide bonds. The average Bonchev–Trinajstić information content (AvgIpc) is 3.27. The maximum Gasteiger partial charge on any atom is 0.263 e. The van der Waals surface area contributed by atoms with Gasteiger partial charge in [-0.1, -0.05) is 48.5 Å². The molecular weight excluding hydrogens is 390 g/mol. The molecule has 2 aliphatic heterocycles. The number of fused-ring (bicyclic) bond motifs is 1. The molecule has 0 saturated carbocycles. The van der Waals surface area contributed by atoms with Crippen molar-refractivity contribution in [1.29, 1.82) is 0 Å². The first-order valence-corrected chi connectivity index (χ1v) is 9.29. The molecule has 156 valence electrons. The van der Waals surface area contributed by atoms with Gasteiger partial charge in [0, 0.05) is 11.1 Å². The molecule has 4 rings (SSSR count). The number of hydrogen-bond acceptors (Lipinski definition) is 4. The molecule has 0 spiro atoms. The third-order valence-electron chi connectivity index (χ3n) is 5.73. The highest BCUT2D eigenvalue weighted by Crippen LogP contribution is 2.50. The SMILES string of the molecule is CC(O)C12COC(c3ccc(C(F)F)cc3)N1C(c1ccc(C(F)F)cc1)OC2. The van der Waals surface area contributed by atoms with Crippen molar-refractivity contribution < 1.29 is 32.1 Å². The summed E-state index contributed by atoms with van der Waals surface area (Å²) in [5.41, 5.74) is 0.293. The monoisotopic (exact) mass is 411 g/mol. The number of alkyl halides is 4. The van der Waals surface area contributed by atoms with Gasteiger partial charge < -0.3 is 14.6 Å². The molecule has 8 heteroatoms. The Morgan fingerprint density at radius 2 is 1.21 bits per heavy atom. The van der Waals surface area contributed by atoms with Crippen molar-refractivity contribution in [3.63, 3.8) is 0 Å². The molecule has 0 bridgehead atoms. The fourth-order valence-electron chi connectivity index (χ4n) is 3.97. The van der Waals surface area contributed by atoms with Gasteiger partial charge in [0.05, 0.1) is 24.9 Å². The Hall–Kier alpha value is -2.00. The first-order valence-electron chi connectivity index (χ1n) is 9.29. The highest BCUT2D eigenvalue weighted by atomic mass is 19.3. The van der Waals surface area contributed by atoms with Gasteiger partial charge in [0.2, 0.25) is 0 Å².